The van der Waals surface area contributed by atoms with Crippen LogP contribution >= 0.6 is 22.9 Å². The molecular weight excluding hydrogens is 463 g/mol. The average Bonchev–Trinajstić information content (AvgIpc) is 3.32. The summed E-state index contributed by atoms with van der Waals surface area (Å²) in [5.41, 5.74) is 2.39. The normalized spacial score (nSPS) is 17.8. The van der Waals surface area contributed by atoms with Crippen molar-refractivity contribution in [1.29, 1.82) is 0 Å². The molecule has 1 N–H and O–H groups in total. The number of benzene rings is 3. The lowest BCUT2D eigenvalue weighted by atomic mass is 9.95. The van der Waals surface area contributed by atoms with Crippen molar-refractivity contribution >= 4 is 55.7 Å². The molecule has 1 aliphatic rings. The average molecular weight is 479 g/mol. The van der Waals surface area contributed by atoms with Gasteiger partial charge in [0.1, 0.15) is 11.6 Å². The predicted octanol–water partition coefficient (Wildman–Crippen LogP) is 6.02. The molecule has 0 radical (unpaired) electrons. The number of rotatable bonds is 3. The van der Waals surface area contributed by atoms with E-state index in [4.69, 9.17) is 11.6 Å². The molecule has 8 heteroatoms. The van der Waals surface area contributed by atoms with Crippen molar-refractivity contribution in [2.75, 3.05) is 4.90 Å². The Kier molecular flexibility index (Phi) is 5.23. The number of carbonyl (C=O) groups excluding carboxylic acids is 2. The third kappa shape index (κ3) is 3.69. The predicted molar refractivity (Wildman–Crippen MR) is 127 cm³/mol. The highest BCUT2D eigenvalue weighted by molar-refractivity contribution is 7.22. The quantitative estimate of drug-likeness (QED) is 0.222. The molecule has 0 bridgehead atoms. The number of hydrogen-bond acceptors (Lipinski definition) is 5. The zero-order valence-corrected chi connectivity index (χ0v) is 18.8. The topological polar surface area (TPSA) is 70.5 Å². The summed E-state index contributed by atoms with van der Waals surface area (Å²) in [4.78, 5) is 32.1. The molecule has 1 amide bonds. The van der Waals surface area contributed by atoms with Gasteiger partial charge >= 0.3 is 5.91 Å². The van der Waals surface area contributed by atoms with Crippen LogP contribution in [0.15, 0.2) is 72.3 Å². The maximum atomic E-state index is 13.7. The molecule has 0 saturated carbocycles. The highest BCUT2D eigenvalue weighted by Gasteiger charge is 2.48. The summed E-state index contributed by atoms with van der Waals surface area (Å²) >= 11 is 7.30. The lowest BCUT2D eigenvalue weighted by Crippen LogP contribution is -2.29. The van der Waals surface area contributed by atoms with Gasteiger partial charge in [0.15, 0.2) is 5.13 Å². The Morgan fingerprint density at radius 1 is 1.09 bits per heavy atom. The minimum Gasteiger partial charge on any atom is -0.507 e. The third-order valence-corrected chi connectivity index (χ3v) is 6.73. The van der Waals surface area contributed by atoms with Gasteiger partial charge in [0.25, 0.3) is 5.78 Å². The van der Waals surface area contributed by atoms with Crippen molar-refractivity contribution in [3.63, 3.8) is 0 Å². The molecule has 4 aromatic rings. The Morgan fingerprint density at radius 2 is 1.85 bits per heavy atom. The van der Waals surface area contributed by atoms with E-state index in [-0.39, 0.29) is 16.5 Å². The van der Waals surface area contributed by atoms with Gasteiger partial charge in [-0.3, -0.25) is 14.5 Å². The van der Waals surface area contributed by atoms with Gasteiger partial charge in [0, 0.05) is 10.6 Å². The van der Waals surface area contributed by atoms with Crippen LogP contribution in [-0.4, -0.2) is 21.8 Å². The molecule has 1 aromatic heterocycles. The molecule has 0 unspecified atom stereocenters. The Hall–Kier alpha value is -3.55. The van der Waals surface area contributed by atoms with Crippen LogP contribution in [0.2, 0.25) is 5.02 Å². The molecule has 3 aromatic carbocycles. The number of ketones is 1. The Bertz CT molecular complexity index is 1460. The van der Waals surface area contributed by atoms with Crippen LogP contribution in [0.4, 0.5) is 9.52 Å². The fraction of sp³-hybridized carbons (Fsp3) is 0.0800. The second kappa shape index (κ2) is 8.10. The van der Waals surface area contributed by atoms with Crippen LogP contribution in [0.1, 0.15) is 22.7 Å². The van der Waals surface area contributed by atoms with Gasteiger partial charge in [-0.25, -0.2) is 9.37 Å². The number of aliphatic hydroxyl groups excluding tert-OH is 1. The molecule has 1 saturated heterocycles. The molecule has 1 atom stereocenters. The third-order valence-electron chi connectivity index (χ3n) is 5.48. The number of aromatic nitrogens is 1. The minimum atomic E-state index is -0.949. The van der Waals surface area contributed by atoms with Gasteiger partial charge < -0.3 is 5.11 Å². The van der Waals surface area contributed by atoms with Gasteiger partial charge in [0.2, 0.25) is 0 Å². The van der Waals surface area contributed by atoms with Gasteiger partial charge in [-0.2, -0.15) is 0 Å². The van der Waals surface area contributed by atoms with E-state index in [2.05, 4.69) is 4.98 Å². The summed E-state index contributed by atoms with van der Waals surface area (Å²) in [6, 6.07) is 16.9. The molecule has 2 heterocycles. The highest BCUT2D eigenvalue weighted by Crippen LogP contribution is 2.44. The second-order valence-corrected chi connectivity index (χ2v) is 9.14. The number of anilines is 1. The van der Waals surface area contributed by atoms with Crippen LogP contribution < -0.4 is 4.90 Å². The number of halogens is 2. The highest BCUT2D eigenvalue weighted by atomic mass is 35.5. The Labute approximate surface area is 197 Å². The Morgan fingerprint density at radius 3 is 2.58 bits per heavy atom. The molecular formula is C25H16ClFN2O3S. The van der Waals surface area contributed by atoms with E-state index < -0.39 is 23.5 Å². The first-order valence-corrected chi connectivity index (χ1v) is 11.2. The van der Waals surface area contributed by atoms with E-state index >= 15 is 0 Å². The maximum Gasteiger partial charge on any atom is 0.301 e. The molecule has 1 aliphatic heterocycles. The number of fused-ring (bicyclic) bond motifs is 1. The zero-order valence-electron chi connectivity index (χ0n) is 17.3. The van der Waals surface area contributed by atoms with E-state index in [1.54, 1.807) is 36.4 Å². The first-order chi connectivity index (χ1) is 15.8. The lowest BCUT2D eigenvalue weighted by Gasteiger charge is -2.23. The number of amides is 1. The first kappa shape index (κ1) is 21.3. The zero-order chi connectivity index (χ0) is 23.3. The summed E-state index contributed by atoms with van der Waals surface area (Å²) in [5, 5.41) is 11.8. The molecule has 5 nitrogen and oxygen atoms in total. The van der Waals surface area contributed by atoms with Crippen LogP contribution in [0.5, 0.6) is 0 Å². The van der Waals surface area contributed by atoms with Crippen molar-refractivity contribution in [1.82, 2.24) is 4.98 Å². The van der Waals surface area contributed by atoms with Crippen molar-refractivity contribution in [3.05, 3.63) is 99.8 Å². The monoisotopic (exact) mass is 478 g/mol. The molecule has 0 spiro atoms. The molecule has 164 valence electrons. The van der Waals surface area contributed by atoms with Gasteiger partial charge in [-0.1, -0.05) is 64.9 Å². The van der Waals surface area contributed by atoms with Crippen molar-refractivity contribution in [2.24, 2.45) is 0 Å². The van der Waals surface area contributed by atoms with E-state index in [9.17, 15) is 19.1 Å². The first-order valence-electron chi connectivity index (χ1n) is 10.0. The molecule has 0 aliphatic carbocycles. The number of carbonyl (C=O) groups is 2. The van der Waals surface area contributed by atoms with Crippen LogP contribution in [0.25, 0.3) is 16.0 Å². The van der Waals surface area contributed by atoms with Crippen molar-refractivity contribution < 1.29 is 19.1 Å². The van der Waals surface area contributed by atoms with E-state index in [0.29, 0.717) is 26.4 Å². The second-order valence-electron chi connectivity index (χ2n) is 7.70. The number of thiazole rings is 1. The smallest absolute Gasteiger partial charge is 0.301 e. The van der Waals surface area contributed by atoms with E-state index in [1.165, 1.54) is 23.1 Å². The van der Waals surface area contributed by atoms with Crippen LogP contribution in [0, 0.1) is 12.7 Å². The fourth-order valence-electron chi connectivity index (χ4n) is 3.88. The summed E-state index contributed by atoms with van der Waals surface area (Å²) in [6.07, 6.45) is 0. The van der Waals surface area contributed by atoms with Crippen LogP contribution in [0.3, 0.4) is 0 Å². The summed E-state index contributed by atoms with van der Waals surface area (Å²) in [5.74, 6) is -2.37. The number of Topliss-reactive ketones (excluding diaryl/α,β-unsaturated/α-hetero) is 1. The fourth-order valence-corrected chi connectivity index (χ4v) is 5.09. The number of hydrogen-bond donors (Lipinski definition) is 1. The summed E-state index contributed by atoms with van der Waals surface area (Å²) in [6.45, 7) is 1.91. The number of aryl methyl sites for hydroxylation is 1. The standard InChI is InChI=1S/C25H16ClFN2O3S/c1-13-5-7-14(8-6-13)22(30)20-21(15-3-2-4-16(26)11-15)29(24(32)23(20)31)25-28-18-10-9-17(27)12-19(18)33-25/h2-12,21,30H,1H3/t21-/m0/s1. The minimum absolute atomic E-state index is 0.0587. The van der Waals surface area contributed by atoms with Crippen LogP contribution in [-0.2, 0) is 9.59 Å². The molecule has 33 heavy (non-hydrogen) atoms. The van der Waals surface area contributed by atoms with E-state index in [1.807, 2.05) is 19.1 Å². The van der Waals surface area contributed by atoms with Crippen molar-refractivity contribution in [2.45, 2.75) is 13.0 Å². The van der Waals surface area contributed by atoms with Gasteiger partial charge in [-0.05, 0) is 42.8 Å². The number of aliphatic hydroxyl groups is 1. The largest absolute Gasteiger partial charge is 0.507 e. The summed E-state index contributed by atoms with van der Waals surface area (Å²) in [7, 11) is 0. The van der Waals surface area contributed by atoms with Gasteiger partial charge in [0.05, 0.1) is 21.8 Å². The SMILES string of the molecule is Cc1ccc(C(O)=C2C(=O)C(=O)N(c3nc4ccc(F)cc4s3)[C@H]2c2cccc(Cl)c2)cc1. The van der Waals surface area contributed by atoms with E-state index in [0.717, 1.165) is 16.9 Å². The molecule has 1 fully saturated rings. The van der Waals surface area contributed by atoms with Crippen molar-refractivity contribution in [3.8, 4) is 0 Å². The Balaban J connectivity index is 1.74. The van der Waals surface area contributed by atoms with Gasteiger partial charge in [-0.15, -0.1) is 0 Å². The molecule has 5 rings (SSSR count). The summed E-state index contributed by atoms with van der Waals surface area (Å²) < 4.78 is 14.3. The lowest BCUT2D eigenvalue weighted by molar-refractivity contribution is -0.132. The maximum absolute atomic E-state index is 13.7. The number of nitrogens with zero attached hydrogens (tertiary/aromatic N) is 2.